The second kappa shape index (κ2) is 10.2. The Morgan fingerprint density at radius 2 is 1.80 bits per heavy atom. The Bertz CT molecular complexity index is 717. The highest BCUT2D eigenvalue weighted by atomic mass is 16.5. The molecule has 2 rings (SSSR count). The van der Waals surface area contributed by atoms with E-state index < -0.39 is 5.97 Å². The molecular formula is C21H24N2O2. The maximum atomic E-state index is 11.6. The fourth-order valence-corrected chi connectivity index (χ4v) is 2.28. The lowest BCUT2D eigenvalue weighted by atomic mass is 10.1. The summed E-state index contributed by atoms with van der Waals surface area (Å²) in [7, 11) is 0. The van der Waals surface area contributed by atoms with Gasteiger partial charge in [-0.25, -0.2) is 14.8 Å². The number of esters is 1. The van der Waals surface area contributed by atoms with Crippen molar-refractivity contribution in [2.24, 2.45) is 0 Å². The first-order valence-electron chi connectivity index (χ1n) is 8.65. The molecule has 0 atom stereocenters. The van der Waals surface area contributed by atoms with E-state index in [-0.39, 0.29) is 0 Å². The lowest BCUT2D eigenvalue weighted by Crippen LogP contribution is -2.03. The number of carbonyl (C=O) groups excluding carboxylic acids is 1. The number of rotatable bonds is 8. The highest BCUT2D eigenvalue weighted by Gasteiger charge is 2.04. The summed E-state index contributed by atoms with van der Waals surface area (Å²) in [5.41, 5.74) is 2.06. The Hall–Kier alpha value is -2.75. The number of aryl methyl sites for hydroxylation is 1. The van der Waals surface area contributed by atoms with Crippen molar-refractivity contribution in [1.29, 1.82) is 0 Å². The summed E-state index contributed by atoms with van der Waals surface area (Å²) >= 11 is 0. The minimum atomic E-state index is -0.404. The molecule has 0 amide bonds. The van der Waals surface area contributed by atoms with E-state index in [2.05, 4.69) is 16.9 Å². The van der Waals surface area contributed by atoms with Crippen LogP contribution in [0.25, 0.3) is 11.4 Å². The van der Waals surface area contributed by atoms with Crippen LogP contribution in [-0.2, 0) is 11.2 Å². The lowest BCUT2D eigenvalue weighted by Gasteiger charge is -2.05. The third-order valence-corrected chi connectivity index (χ3v) is 3.64. The first-order chi connectivity index (χ1) is 12.2. The summed E-state index contributed by atoms with van der Waals surface area (Å²) in [4.78, 5) is 20.5. The molecule has 1 aromatic carbocycles. The predicted octanol–water partition coefficient (Wildman–Crippen LogP) is 4.91. The normalized spacial score (nSPS) is 11.3. The van der Waals surface area contributed by atoms with E-state index in [9.17, 15) is 4.79 Å². The highest BCUT2D eigenvalue weighted by Crippen LogP contribution is 2.19. The molecule has 25 heavy (non-hydrogen) atoms. The van der Waals surface area contributed by atoms with E-state index in [1.54, 1.807) is 24.3 Å². The Balaban J connectivity index is 1.96. The Labute approximate surface area is 149 Å². The average molecular weight is 336 g/mol. The third-order valence-electron chi connectivity index (χ3n) is 3.64. The lowest BCUT2D eigenvalue weighted by molar-refractivity contribution is -0.128. The quantitative estimate of drug-likeness (QED) is 0.226. The Morgan fingerprint density at radius 3 is 2.44 bits per heavy atom. The molecular weight excluding hydrogens is 312 g/mol. The van der Waals surface area contributed by atoms with Crippen LogP contribution in [0.15, 0.2) is 61.0 Å². The van der Waals surface area contributed by atoms with Crippen molar-refractivity contribution in [3.05, 3.63) is 66.5 Å². The van der Waals surface area contributed by atoms with Gasteiger partial charge in [0.2, 0.25) is 0 Å². The van der Waals surface area contributed by atoms with E-state index in [1.165, 1.54) is 25.3 Å². The van der Waals surface area contributed by atoms with Gasteiger partial charge >= 0.3 is 5.97 Å². The number of unbranched alkanes of at least 4 members (excludes halogenated alkanes) is 2. The molecule has 0 unspecified atom stereocenters. The van der Waals surface area contributed by atoms with Crippen molar-refractivity contribution in [3.8, 4) is 17.1 Å². The van der Waals surface area contributed by atoms with E-state index in [0.29, 0.717) is 11.6 Å². The predicted molar refractivity (Wildman–Crippen MR) is 100 cm³/mol. The standard InChI is InChI=1S/C21H24N2O2/c1-3-5-7-9-17-15-22-21(23-16-17)18-11-13-19(14-12-18)25-20(24)10-8-6-4-2/h4,6,8,10-16H,3,5,7,9H2,1-2H3. The van der Waals surface area contributed by atoms with Gasteiger partial charge in [-0.3, -0.25) is 0 Å². The SMILES string of the molecule is CC=CC=CC(=O)Oc1ccc(-c2ncc(CCCCC)cn2)cc1. The molecule has 2 aromatic rings. The van der Waals surface area contributed by atoms with Crippen molar-refractivity contribution in [2.45, 2.75) is 39.5 Å². The topological polar surface area (TPSA) is 52.1 Å². The summed E-state index contributed by atoms with van der Waals surface area (Å²) < 4.78 is 5.23. The van der Waals surface area contributed by atoms with Crippen LogP contribution < -0.4 is 4.74 Å². The van der Waals surface area contributed by atoms with Crippen molar-refractivity contribution in [2.75, 3.05) is 0 Å². The van der Waals surface area contributed by atoms with Crippen molar-refractivity contribution >= 4 is 5.97 Å². The van der Waals surface area contributed by atoms with Gasteiger partial charge in [-0.2, -0.15) is 0 Å². The van der Waals surface area contributed by atoms with Gasteiger partial charge in [-0.05, 0) is 49.6 Å². The maximum absolute atomic E-state index is 11.6. The molecule has 0 saturated heterocycles. The Morgan fingerprint density at radius 1 is 1.08 bits per heavy atom. The monoisotopic (exact) mass is 336 g/mol. The number of nitrogens with zero attached hydrogens (tertiary/aromatic N) is 2. The van der Waals surface area contributed by atoms with Crippen LogP contribution in [0, 0.1) is 0 Å². The van der Waals surface area contributed by atoms with Gasteiger partial charge in [-0.15, -0.1) is 0 Å². The zero-order valence-corrected chi connectivity index (χ0v) is 14.8. The molecule has 0 fully saturated rings. The molecule has 0 saturated carbocycles. The number of aromatic nitrogens is 2. The molecule has 1 heterocycles. The number of carbonyl (C=O) groups is 1. The molecule has 0 aliphatic rings. The van der Waals surface area contributed by atoms with Crippen LogP contribution in [0.3, 0.4) is 0 Å². The molecule has 0 N–H and O–H groups in total. The number of allylic oxidation sites excluding steroid dienone is 3. The van der Waals surface area contributed by atoms with Crippen molar-refractivity contribution in [1.82, 2.24) is 9.97 Å². The van der Waals surface area contributed by atoms with Crippen molar-refractivity contribution in [3.63, 3.8) is 0 Å². The van der Waals surface area contributed by atoms with Gasteiger partial charge in [0, 0.05) is 24.0 Å². The fraction of sp³-hybridized carbons (Fsp3) is 0.286. The molecule has 0 aliphatic carbocycles. The second-order valence-electron chi connectivity index (χ2n) is 5.70. The van der Waals surface area contributed by atoms with Crippen LogP contribution in [0.4, 0.5) is 0 Å². The molecule has 0 radical (unpaired) electrons. The molecule has 0 spiro atoms. The van der Waals surface area contributed by atoms with E-state index in [0.717, 1.165) is 17.5 Å². The van der Waals surface area contributed by atoms with Crippen LogP contribution >= 0.6 is 0 Å². The smallest absolute Gasteiger partial charge is 0.336 e. The number of benzene rings is 1. The largest absolute Gasteiger partial charge is 0.423 e. The van der Waals surface area contributed by atoms with Gasteiger partial charge in [0.05, 0.1) is 0 Å². The summed E-state index contributed by atoms with van der Waals surface area (Å²) in [6, 6.07) is 7.19. The number of ether oxygens (including phenoxy) is 1. The molecule has 1 aromatic heterocycles. The Kier molecular flexibility index (Phi) is 7.57. The molecule has 130 valence electrons. The zero-order chi connectivity index (χ0) is 17.9. The molecule has 4 nitrogen and oxygen atoms in total. The molecule has 4 heteroatoms. The summed E-state index contributed by atoms with van der Waals surface area (Å²) in [5, 5.41) is 0. The van der Waals surface area contributed by atoms with E-state index in [1.807, 2.05) is 37.5 Å². The van der Waals surface area contributed by atoms with E-state index >= 15 is 0 Å². The zero-order valence-electron chi connectivity index (χ0n) is 14.8. The minimum Gasteiger partial charge on any atom is -0.423 e. The maximum Gasteiger partial charge on any atom is 0.336 e. The van der Waals surface area contributed by atoms with Crippen LogP contribution in [-0.4, -0.2) is 15.9 Å². The van der Waals surface area contributed by atoms with Gasteiger partial charge in [0.15, 0.2) is 5.82 Å². The van der Waals surface area contributed by atoms with Crippen molar-refractivity contribution < 1.29 is 9.53 Å². The number of hydrogen-bond acceptors (Lipinski definition) is 4. The first kappa shape index (κ1) is 18.6. The molecule has 0 bridgehead atoms. The second-order valence-corrected chi connectivity index (χ2v) is 5.70. The van der Waals surface area contributed by atoms with E-state index in [4.69, 9.17) is 4.74 Å². The summed E-state index contributed by atoms with van der Waals surface area (Å²) in [6.07, 6.45) is 15.0. The summed E-state index contributed by atoms with van der Waals surface area (Å²) in [5.74, 6) is 0.763. The van der Waals surface area contributed by atoms with Crippen LogP contribution in [0.2, 0.25) is 0 Å². The van der Waals surface area contributed by atoms with Gasteiger partial charge in [0.25, 0.3) is 0 Å². The van der Waals surface area contributed by atoms with Gasteiger partial charge in [0.1, 0.15) is 5.75 Å². The fourth-order valence-electron chi connectivity index (χ4n) is 2.28. The highest BCUT2D eigenvalue weighted by molar-refractivity contribution is 5.84. The van der Waals surface area contributed by atoms with Crippen LogP contribution in [0.5, 0.6) is 5.75 Å². The summed E-state index contributed by atoms with van der Waals surface area (Å²) in [6.45, 7) is 4.08. The third kappa shape index (κ3) is 6.34. The minimum absolute atomic E-state index is 0.404. The first-order valence-corrected chi connectivity index (χ1v) is 8.65. The van der Waals surface area contributed by atoms with Gasteiger partial charge < -0.3 is 4.74 Å². The van der Waals surface area contributed by atoms with Gasteiger partial charge in [-0.1, -0.05) is 38.0 Å². The molecule has 0 aliphatic heterocycles. The number of hydrogen-bond donors (Lipinski definition) is 0. The van der Waals surface area contributed by atoms with Crippen LogP contribution in [0.1, 0.15) is 38.7 Å². The average Bonchev–Trinajstić information content (AvgIpc) is 2.63.